The smallest absolute Gasteiger partial charge is 0.281 e. The number of fused-ring (bicyclic) bond motifs is 1. The highest BCUT2D eigenvalue weighted by Gasteiger charge is 2.34. The summed E-state index contributed by atoms with van der Waals surface area (Å²) in [6, 6.07) is 0.600. The Bertz CT molecular complexity index is 148. The van der Waals surface area contributed by atoms with Crippen LogP contribution >= 0.6 is 11.8 Å². The molecule has 2 saturated heterocycles. The van der Waals surface area contributed by atoms with Crippen molar-refractivity contribution in [1.29, 1.82) is 0 Å². The van der Waals surface area contributed by atoms with Crippen molar-refractivity contribution in [2.45, 2.75) is 18.9 Å². The average molecular weight is 143 g/mol. The minimum absolute atomic E-state index is 0.303. The molecule has 0 aromatic carbocycles. The lowest BCUT2D eigenvalue weighted by atomic mass is 10.2. The van der Waals surface area contributed by atoms with E-state index in [9.17, 15) is 4.79 Å². The number of thioether (sulfide) groups is 1. The van der Waals surface area contributed by atoms with Gasteiger partial charge in [-0.15, -0.1) is 0 Å². The zero-order chi connectivity index (χ0) is 6.27. The Morgan fingerprint density at radius 3 is 3.33 bits per heavy atom. The number of carbonyl (C=O) groups is 1. The summed E-state index contributed by atoms with van der Waals surface area (Å²) < 4.78 is 0. The molecule has 2 aliphatic rings. The molecule has 0 radical (unpaired) electrons. The van der Waals surface area contributed by atoms with E-state index in [0.717, 1.165) is 12.3 Å². The van der Waals surface area contributed by atoms with Crippen LogP contribution in [0.15, 0.2) is 0 Å². The van der Waals surface area contributed by atoms with Gasteiger partial charge in [0.1, 0.15) is 0 Å². The van der Waals surface area contributed by atoms with E-state index < -0.39 is 0 Å². The Kier molecular flexibility index (Phi) is 1.18. The van der Waals surface area contributed by atoms with Gasteiger partial charge in [0.2, 0.25) is 0 Å². The normalized spacial score (nSPS) is 33.6. The van der Waals surface area contributed by atoms with Gasteiger partial charge in [0.15, 0.2) is 0 Å². The number of amides is 1. The summed E-state index contributed by atoms with van der Waals surface area (Å²) >= 11 is 1.48. The van der Waals surface area contributed by atoms with Crippen molar-refractivity contribution >= 4 is 17.0 Å². The molecular formula is C6H9NOS. The fourth-order valence-corrected chi connectivity index (χ4v) is 2.59. The summed E-state index contributed by atoms with van der Waals surface area (Å²) in [6.07, 6.45) is 2.45. The van der Waals surface area contributed by atoms with Gasteiger partial charge >= 0.3 is 0 Å². The van der Waals surface area contributed by atoms with Crippen molar-refractivity contribution in [2.75, 3.05) is 12.3 Å². The van der Waals surface area contributed by atoms with Crippen molar-refractivity contribution in [3.63, 3.8) is 0 Å². The molecule has 0 N–H and O–H groups in total. The molecule has 2 aliphatic heterocycles. The lowest BCUT2D eigenvalue weighted by Crippen LogP contribution is -2.26. The molecule has 2 rings (SSSR count). The minimum atomic E-state index is 0.303. The predicted molar refractivity (Wildman–Crippen MR) is 37.6 cm³/mol. The van der Waals surface area contributed by atoms with Crippen LogP contribution in [0, 0.1) is 0 Å². The van der Waals surface area contributed by atoms with E-state index in [0.29, 0.717) is 11.3 Å². The van der Waals surface area contributed by atoms with Crippen molar-refractivity contribution in [3.05, 3.63) is 0 Å². The Morgan fingerprint density at radius 1 is 1.67 bits per heavy atom. The molecule has 0 aromatic rings. The number of carbonyl (C=O) groups excluding carboxylic acids is 1. The maximum absolute atomic E-state index is 10.9. The highest BCUT2D eigenvalue weighted by Crippen LogP contribution is 2.31. The predicted octanol–water partition coefficient (Wildman–Crippen LogP) is 1.32. The third-order valence-electron chi connectivity index (χ3n) is 2.01. The molecule has 2 fully saturated rings. The molecule has 9 heavy (non-hydrogen) atoms. The first-order chi connectivity index (χ1) is 4.38. The fraction of sp³-hybridized carbons (Fsp3) is 0.833. The minimum Gasteiger partial charge on any atom is -0.330 e. The van der Waals surface area contributed by atoms with Gasteiger partial charge in [-0.25, -0.2) is 0 Å². The molecule has 50 valence electrons. The zero-order valence-corrected chi connectivity index (χ0v) is 5.99. The van der Waals surface area contributed by atoms with E-state index in [4.69, 9.17) is 0 Å². The Labute approximate surface area is 58.6 Å². The average Bonchev–Trinajstić information content (AvgIpc) is 2.35. The van der Waals surface area contributed by atoms with Gasteiger partial charge in [0.05, 0.1) is 0 Å². The van der Waals surface area contributed by atoms with E-state index in [1.54, 1.807) is 0 Å². The number of hydrogen-bond donors (Lipinski definition) is 0. The monoisotopic (exact) mass is 143 g/mol. The van der Waals surface area contributed by atoms with Crippen LogP contribution in [0.25, 0.3) is 0 Å². The Morgan fingerprint density at radius 2 is 2.56 bits per heavy atom. The number of hydrogen-bond acceptors (Lipinski definition) is 2. The van der Waals surface area contributed by atoms with Crippen LogP contribution in [-0.4, -0.2) is 28.5 Å². The molecule has 2 nitrogen and oxygen atoms in total. The van der Waals surface area contributed by atoms with Gasteiger partial charge in [-0.05, 0) is 12.8 Å². The lowest BCUT2D eigenvalue weighted by molar-refractivity contribution is 0.227. The Balaban J connectivity index is 2.15. The molecule has 0 aromatic heterocycles. The van der Waals surface area contributed by atoms with Crippen LogP contribution in [0.5, 0.6) is 0 Å². The summed E-state index contributed by atoms with van der Waals surface area (Å²) in [5.74, 6) is 1.04. The zero-order valence-electron chi connectivity index (χ0n) is 5.17. The first kappa shape index (κ1) is 5.59. The lowest BCUT2D eigenvalue weighted by Gasteiger charge is -2.11. The first-order valence-electron chi connectivity index (χ1n) is 3.31. The van der Waals surface area contributed by atoms with Gasteiger partial charge < -0.3 is 4.90 Å². The van der Waals surface area contributed by atoms with E-state index in [1.807, 2.05) is 4.90 Å². The SMILES string of the molecule is O=C1SC[C@H]2CCCN12. The molecule has 0 aliphatic carbocycles. The van der Waals surface area contributed by atoms with E-state index >= 15 is 0 Å². The Hall–Kier alpha value is -0.180. The second-order valence-corrected chi connectivity index (χ2v) is 3.54. The second kappa shape index (κ2) is 1.90. The summed E-state index contributed by atoms with van der Waals surface area (Å²) in [6.45, 7) is 1.01. The number of nitrogens with zero attached hydrogens (tertiary/aromatic N) is 1. The molecule has 0 spiro atoms. The van der Waals surface area contributed by atoms with Crippen LogP contribution in [0.2, 0.25) is 0 Å². The van der Waals surface area contributed by atoms with E-state index in [-0.39, 0.29) is 0 Å². The van der Waals surface area contributed by atoms with Crippen molar-refractivity contribution in [1.82, 2.24) is 4.90 Å². The highest BCUT2D eigenvalue weighted by molar-refractivity contribution is 8.13. The number of rotatable bonds is 0. The third-order valence-corrected chi connectivity index (χ3v) is 3.04. The maximum Gasteiger partial charge on any atom is 0.281 e. The van der Waals surface area contributed by atoms with Gasteiger partial charge in [0.25, 0.3) is 5.24 Å². The molecule has 0 bridgehead atoms. The maximum atomic E-state index is 10.9. The quantitative estimate of drug-likeness (QED) is 0.509. The van der Waals surface area contributed by atoms with Crippen LogP contribution < -0.4 is 0 Å². The molecule has 2 heterocycles. The largest absolute Gasteiger partial charge is 0.330 e. The summed E-state index contributed by atoms with van der Waals surface area (Å²) in [4.78, 5) is 12.9. The summed E-state index contributed by atoms with van der Waals surface area (Å²) in [5.41, 5.74) is 0. The third kappa shape index (κ3) is 0.748. The second-order valence-electron chi connectivity index (χ2n) is 2.57. The molecule has 0 unspecified atom stereocenters. The molecule has 3 heteroatoms. The van der Waals surface area contributed by atoms with Crippen LogP contribution in [0.4, 0.5) is 4.79 Å². The van der Waals surface area contributed by atoms with Gasteiger partial charge in [-0.1, -0.05) is 11.8 Å². The van der Waals surface area contributed by atoms with Crippen molar-refractivity contribution < 1.29 is 4.79 Å². The standard InChI is InChI=1S/C6H9NOS/c8-6-7-3-1-2-5(7)4-9-6/h5H,1-4H2/t5-/m1/s1. The van der Waals surface area contributed by atoms with E-state index in [2.05, 4.69) is 0 Å². The van der Waals surface area contributed by atoms with Crippen LogP contribution in [0.3, 0.4) is 0 Å². The molecule has 0 saturated carbocycles. The summed E-state index contributed by atoms with van der Waals surface area (Å²) in [5, 5.41) is 0.303. The molecule has 1 atom stereocenters. The van der Waals surface area contributed by atoms with Crippen LogP contribution in [0.1, 0.15) is 12.8 Å². The van der Waals surface area contributed by atoms with E-state index in [1.165, 1.54) is 24.6 Å². The van der Waals surface area contributed by atoms with Crippen LogP contribution in [-0.2, 0) is 0 Å². The van der Waals surface area contributed by atoms with Crippen molar-refractivity contribution in [2.24, 2.45) is 0 Å². The fourth-order valence-electron chi connectivity index (χ4n) is 1.50. The van der Waals surface area contributed by atoms with Gasteiger partial charge in [0, 0.05) is 18.3 Å². The molecular weight excluding hydrogens is 134 g/mol. The summed E-state index contributed by atoms with van der Waals surface area (Å²) in [7, 11) is 0. The first-order valence-corrected chi connectivity index (χ1v) is 4.30. The van der Waals surface area contributed by atoms with Gasteiger partial charge in [-0.3, -0.25) is 4.79 Å². The molecule has 1 amide bonds. The topological polar surface area (TPSA) is 20.3 Å². The van der Waals surface area contributed by atoms with Gasteiger partial charge in [-0.2, -0.15) is 0 Å². The highest BCUT2D eigenvalue weighted by atomic mass is 32.2. The van der Waals surface area contributed by atoms with Crippen molar-refractivity contribution in [3.8, 4) is 0 Å².